The second-order valence-corrected chi connectivity index (χ2v) is 5.51. The summed E-state index contributed by atoms with van der Waals surface area (Å²) in [5.74, 6) is -1.18. The number of methoxy groups -OCH3 is 4. The maximum absolute atomic E-state index is 13.2. The molecule has 7 nitrogen and oxygen atoms in total. The van der Waals surface area contributed by atoms with Gasteiger partial charge in [0.05, 0.1) is 20.6 Å². The van der Waals surface area contributed by atoms with Crippen molar-refractivity contribution in [3.05, 3.63) is 29.8 Å². The van der Waals surface area contributed by atoms with Gasteiger partial charge in [0.2, 0.25) is 17.2 Å². The molecule has 0 N–H and O–H groups in total. The van der Waals surface area contributed by atoms with Gasteiger partial charge in [0.15, 0.2) is 5.78 Å². The first-order valence-electron chi connectivity index (χ1n) is 7.29. The summed E-state index contributed by atoms with van der Waals surface area (Å²) in [6.45, 7) is 0. The van der Waals surface area contributed by atoms with E-state index in [2.05, 4.69) is 0 Å². The van der Waals surface area contributed by atoms with Crippen LogP contribution in [0.15, 0.2) is 24.3 Å². The third kappa shape index (κ3) is 1.98. The lowest BCUT2D eigenvalue weighted by atomic mass is 9.78. The minimum Gasteiger partial charge on any atom is -0.496 e. The summed E-state index contributed by atoms with van der Waals surface area (Å²) in [4.78, 5) is 25.3. The van der Waals surface area contributed by atoms with Crippen LogP contribution in [0.3, 0.4) is 0 Å². The molecule has 0 saturated heterocycles. The normalized spacial score (nSPS) is 24.0. The highest BCUT2D eigenvalue weighted by Gasteiger charge is 2.66. The van der Waals surface area contributed by atoms with Crippen LogP contribution >= 0.6 is 0 Å². The van der Waals surface area contributed by atoms with Crippen molar-refractivity contribution in [3.63, 3.8) is 0 Å². The molecule has 7 heteroatoms. The van der Waals surface area contributed by atoms with Crippen LogP contribution in [-0.4, -0.2) is 51.4 Å². The number of hydrogen-bond donors (Lipinski definition) is 0. The molecule has 1 aromatic carbocycles. The van der Waals surface area contributed by atoms with E-state index in [0.717, 1.165) is 0 Å². The van der Waals surface area contributed by atoms with Crippen LogP contribution in [0.1, 0.15) is 16.8 Å². The average Bonchev–Trinajstić information content (AvgIpc) is 2.87. The van der Waals surface area contributed by atoms with Crippen molar-refractivity contribution in [2.24, 2.45) is 0 Å². The number of ether oxygens (including phenoxy) is 5. The van der Waals surface area contributed by atoms with Gasteiger partial charge in [0.1, 0.15) is 22.8 Å². The molecule has 1 atom stereocenters. The lowest BCUT2D eigenvalue weighted by molar-refractivity contribution is -0.244. The van der Waals surface area contributed by atoms with Gasteiger partial charge in [-0.15, -0.1) is 0 Å². The minimum absolute atomic E-state index is 0.204. The third-order valence-corrected chi connectivity index (χ3v) is 4.45. The number of fused-ring (bicyclic) bond motifs is 1. The smallest absolute Gasteiger partial charge is 0.237 e. The first kappa shape index (κ1) is 16.5. The molecule has 3 rings (SSSR count). The van der Waals surface area contributed by atoms with E-state index in [1.54, 1.807) is 12.1 Å². The van der Waals surface area contributed by atoms with E-state index < -0.39 is 17.2 Å². The summed E-state index contributed by atoms with van der Waals surface area (Å²) in [7, 11) is 5.72. The monoisotopic (exact) mass is 334 g/mol. The Labute approximate surface area is 139 Å². The van der Waals surface area contributed by atoms with Crippen LogP contribution in [-0.2, 0) is 14.3 Å². The molecule has 0 saturated carbocycles. The van der Waals surface area contributed by atoms with Crippen molar-refractivity contribution >= 4 is 11.6 Å². The van der Waals surface area contributed by atoms with Gasteiger partial charge in [-0.1, -0.05) is 0 Å². The fourth-order valence-electron chi connectivity index (χ4n) is 3.24. The topological polar surface area (TPSA) is 80.3 Å². The van der Waals surface area contributed by atoms with Gasteiger partial charge in [0, 0.05) is 26.4 Å². The average molecular weight is 334 g/mol. The van der Waals surface area contributed by atoms with Gasteiger partial charge < -0.3 is 23.7 Å². The van der Waals surface area contributed by atoms with Crippen molar-refractivity contribution in [3.8, 4) is 17.2 Å². The molecule has 1 heterocycles. The van der Waals surface area contributed by atoms with Gasteiger partial charge in [0.25, 0.3) is 0 Å². The fourth-order valence-corrected chi connectivity index (χ4v) is 3.24. The SMILES string of the molecule is COc1cc(OC)c2c(c1)OC1(CC(=O)C=CC1(OC)OC)C2=O. The Morgan fingerprint density at radius 3 is 2.33 bits per heavy atom. The molecule has 0 bridgehead atoms. The lowest BCUT2D eigenvalue weighted by Crippen LogP contribution is -2.64. The zero-order chi connectivity index (χ0) is 17.5. The lowest BCUT2D eigenvalue weighted by Gasteiger charge is -2.43. The first-order valence-corrected chi connectivity index (χ1v) is 7.29. The van der Waals surface area contributed by atoms with E-state index in [1.165, 1.54) is 40.6 Å². The quantitative estimate of drug-likeness (QED) is 0.773. The molecule has 1 aliphatic heterocycles. The number of benzene rings is 1. The Morgan fingerprint density at radius 2 is 1.75 bits per heavy atom. The molecule has 2 aliphatic rings. The molecule has 1 aromatic rings. The highest BCUT2D eigenvalue weighted by molar-refractivity contribution is 6.14. The molecule has 1 unspecified atom stereocenters. The standard InChI is InChI=1S/C17H18O7/c1-20-11-7-12(21-2)14-13(8-11)24-16(15(14)19)9-10(18)5-6-17(16,22-3)23-4/h5-8H,9H2,1-4H3. The minimum atomic E-state index is -1.65. The summed E-state index contributed by atoms with van der Waals surface area (Å²) in [5, 5.41) is 0. The fraction of sp³-hybridized carbons (Fsp3) is 0.412. The van der Waals surface area contributed by atoms with E-state index in [0.29, 0.717) is 11.5 Å². The maximum atomic E-state index is 13.2. The van der Waals surface area contributed by atoms with Crippen LogP contribution in [0.25, 0.3) is 0 Å². The third-order valence-electron chi connectivity index (χ3n) is 4.45. The molecule has 1 spiro atoms. The van der Waals surface area contributed by atoms with Crippen molar-refractivity contribution in [2.45, 2.75) is 17.8 Å². The summed E-state index contributed by atoms with van der Waals surface area (Å²) < 4.78 is 27.4. The van der Waals surface area contributed by atoms with Gasteiger partial charge >= 0.3 is 0 Å². The molecule has 0 aromatic heterocycles. The van der Waals surface area contributed by atoms with Crippen molar-refractivity contribution < 1.29 is 33.3 Å². The second kappa shape index (κ2) is 5.61. The van der Waals surface area contributed by atoms with E-state index in [1.807, 2.05) is 0 Å². The number of hydrogen-bond acceptors (Lipinski definition) is 7. The molecule has 24 heavy (non-hydrogen) atoms. The highest BCUT2D eigenvalue weighted by Crippen LogP contribution is 2.51. The summed E-state index contributed by atoms with van der Waals surface area (Å²) >= 11 is 0. The second-order valence-electron chi connectivity index (χ2n) is 5.51. The Balaban J connectivity index is 2.22. The Kier molecular flexibility index (Phi) is 3.85. The van der Waals surface area contributed by atoms with E-state index >= 15 is 0 Å². The first-order chi connectivity index (χ1) is 11.5. The Hall–Kier alpha value is -2.38. The number of carbonyl (C=O) groups excluding carboxylic acids is 2. The predicted molar refractivity (Wildman–Crippen MR) is 82.7 cm³/mol. The summed E-state index contributed by atoms with van der Waals surface area (Å²) in [6.07, 6.45) is 2.53. The van der Waals surface area contributed by atoms with Gasteiger partial charge in [-0.25, -0.2) is 0 Å². The number of allylic oxidation sites excluding steroid dienone is 1. The van der Waals surface area contributed by atoms with Crippen LogP contribution in [0.5, 0.6) is 17.2 Å². The van der Waals surface area contributed by atoms with Crippen LogP contribution in [0, 0.1) is 0 Å². The Bertz CT molecular complexity index is 733. The zero-order valence-corrected chi connectivity index (χ0v) is 13.9. The van der Waals surface area contributed by atoms with Crippen molar-refractivity contribution in [1.82, 2.24) is 0 Å². The molecular weight excluding hydrogens is 316 g/mol. The molecule has 128 valence electrons. The predicted octanol–water partition coefficient (Wildman–Crippen LogP) is 1.54. The van der Waals surface area contributed by atoms with Crippen LogP contribution in [0.2, 0.25) is 0 Å². The number of Topliss-reactive ketones (excluding diaryl/α,β-unsaturated/α-hetero) is 1. The molecular formula is C17H18O7. The van der Waals surface area contributed by atoms with E-state index in [-0.39, 0.29) is 23.5 Å². The van der Waals surface area contributed by atoms with Crippen LogP contribution < -0.4 is 14.2 Å². The largest absolute Gasteiger partial charge is 0.496 e. The molecule has 1 aliphatic carbocycles. The highest BCUT2D eigenvalue weighted by atomic mass is 16.7. The summed E-state index contributed by atoms with van der Waals surface area (Å²) in [5.41, 5.74) is -1.41. The molecule has 0 fully saturated rings. The maximum Gasteiger partial charge on any atom is 0.237 e. The zero-order valence-electron chi connectivity index (χ0n) is 13.9. The number of carbonyl (C=O) groups is 2. The Morgan fingerprint density at radius 1 is 1.04 bits per heavy atom. The number of rotatable bonds is 4. The van der Waals surface area contributed by atoms with Gasteiger partial charge in [-0.05, 0) is 12.2 Å². The number of ketones is 2. The van der Waals surface area contributed by atoms with Crippen molar-refractivity contribution in [1.29, 1.82) is 0 Å². The van der Waals surface area contributed by atoms with E-state index in [4.69, 9.17) is 23.7 Å². The van der Waals surface area contributed by atoms with Gasteiger partial charge in [-0.3, -0.25) is 9.59 Å². The molecule has 0 radical (unpaired) electrons. The van der Waals surface area contributed by atoms with Crippen LogP contribution in [0.4, 0.5) is 0 Å². The molecule has 0 amide bonds. The van der Waals surface area contributed by atoms with Gasteiger partial charge in [-0.2, -0.15) is 0 Å². The van der Waals surface area contributed by atoms with Crippen molar-refractivity contribution in [2.75, 3.05) is 28.4 Å². The van der Waals surface area contributed by atoms with E-state index in [9.17, 15) is 9.59 Å². The summed E-state index contributed by atoms with van der Waals surface area (Å²) in [6, 6.07) is 3.16.